The van der Waals surface area contributed by atoms with Gasteiger partial charge in [-0.1, -0.05) is 44.9 Å². The third-order valence-corrected chi connectivity index (χ3v) is 5.45. The maximum Gasteiger partial charge on any atom is 0.249 e. The molecule has 0 saturated heterocycles. The van der Waals surface area contributed by atoms with E-state index in [1.165, 1.54) is 11.3 Å². The van der Waals surface area contributed by atoms with Crippen LogP contribution in [0.3, 0.4) is 0 Å². The highest BCUT2D eigenvalue weighted by atomic mass is 32.1. The van der Waals surface area contributed by atoms with Crippen molar-refractivity contribution in [3.8, 4) is 16.3 Å². The number of hydrogen-bond acceptors (Lipinski definition) is 6. The number of anilines is 1. The van der Waals surface area contributed by atoms with Crippen molar-refractivity contribution in [1.29, 1.82) is 0 Å². The van der Waals surface area contributed by atoms with Gasteiger partial charge in [0.15, 0.2) is 0 Å². The highest BCUT2D eigenvalue weighted by molar-refractivity contribution is 7.18. The Kier molecular flexibility index (Phi) is 8.38. The Labute approximate surface area is 169 Å². The topological polar surface area (TPSA) is 93.2 Å². The third-order valence-electron chi connectivity index (χ3n) is 4.56. The van der Waals surface area contributed by atoms with Crippen LogP contribution in [0.2, 0.25) is 0 Å². The molecule has 8 heteroatoms. The molecule has 2 atom stereocenters. The fraction of sp³-hybridized carbons (Fsp3) is 0.500. The zero-order chi connectivity index (χ0) is 20.5. The van der Waals surface area contributed by atoms with Crippen molar-refractivity contribution in [2.45, 2.75) is 52.5 Å². The van der Waals surface area contributed by atoms with Crippen LogP contribution in [-0.4, -0.2) is 35.2 Å². The molecular formula is C20H28N4O3S. The van der Waals surface area contributed by atoms with Gasteiger partial charge in [0.2, 0.25) is 16.9 Å². The molecule has 0 fully saturated rings. The second-order valence-corrected chi connectivity index (χ2v) is 7.64. The van der Waals surface area contributed by atoms with Gasteiger partial charge in [-0.3, -0.25) is 14.9 Å². The third kappa shape index (κ3) is 6.02. The minimum atomic E-state index is -0.595. The van der Waals surface area contributed by atoms with Crippen molar-refractivity contribution in [3.05, 3.63) is 24.3 Å². The normalized spacial score (nSPS) is 12.9. The summed E-state index contributed by atoms with van der Waals surface area (Å²) >= 11 is 1.29. The fourth-order valence-electron chi connectivity index (χ4n) is 2.59. The summed E-state index contributed by atoms with van der Waals surface area (Å²) in [7, 11) is 1.61. The Morgan fingerprint density at radius 2 is 1.89 bits per heavy atom. The number of amides is 2. The summed E-state index contributed by atoms with van der Waals surface area (Å²) in [5, 5.41) is 15.0. The summed E-state index contributed by atoms with van der Waals surface area (Å²) in [4.78, 5) is 24.9. The van der Waals surface area contributed by atoms with Gasteiger partial charge in [-0.15, -0.1) is 10.2 Å². The monoisotopic (exact) mass is 404 g/mol. The molecule has 1 aromatic heterocycles. The van der Waals surface area contributed by atoms with Crippen molar-refractivity contribution < 1.29 is 14.3 Å². The van der Waals surface area contributed by atoms with Crippen molar-refractivity contribution >= 4 is 28.3 Å². The second kappa shape index (κ2) is 10.8. The molecule has 2 rings (SSSR count). The Bertz CT molecular complexity index is 776. The molecule has 0 aliphatic heterocycles. The van der Waals surface area contributed by atoms with Gasteiger partial charge in [-0.2, -0.15) is 0 Å². The van der Waals surface area contributed by atoms with Crippen LogP contribution in [0.4, 0.5) is 5.13 Å². The summed E-state index contributed by atoms with van der Waals surface area (Å²) in [5.74, 6) is 0.409. The van der Waals surface area contributed by atoms with E-state index >= 15 is 0 Å². The van der Waals surface area contributed by atoms with Crippen molar-refractivity contribution in [2.24, 2.45) is 5.92 Å². The van der Waals surface area contributed by atoms with Gasteiger partial charge < -0.3 is 10.1 Å². The largest absolute Gasteiger partial charge is 0.497 e. The maximum atomic E-state index is 12.7. The minimum absolute atomic E-state index is 0.0135. The molecule has 0 spiro atoms. The molecule has 0 radical (unpaired) electrons. The molecule has 152 valence electrons. The average molecular weight is 405 g/mol. The second-order valence-electron chi connectivity index (χ2n) is 6.66. The lowest BCUT2D eigenvalue weighted by Crippen LogP contribution is -2.47. The molecule has 0 aliphatic rings. The van der Waals surface area contributed by atoms with Crippen molar-refractivity contribution in [1.82, 2.24) is 15.5 Å². The Morgan fingerprint density at radius 3 is 2.50 bits per heavy atom. The van der Waals surface area contributed by atoms with Crippen molar-refractivity contribution in [3.63, 3.8) is 0 Å². The number of nitrogens with one attached hydrogen (secondary N) is 2. The number of carbonyl (C=O) groups is 2. The predicted molar refractivity (Wildman–Crippen MR) is 111 cm³/mol. The van der Waals surface area contributed by atoms with Gasteiger partial charge >= 0.3 is 0 Å². The Hall–Kier alpha value is -2.48. The first-order valence-corrected chi connectivity index (χ1v) is 10.4. The number of aromatic nitrogens is 2. The maximum absolute atomic E-state index is 12.7. The van der Waals surface area contributed by atoms with Gasteiger partial charge in [-0.25, -0.2) is 0 Å². The summed E-state index contributed by atoms with van der Waals surface area (Å²) < 4.78 is 5.15. The van der Waals surface area contributed by atoms with E-state index in [1.54, 1.807) is 7.11 Å². The summed E-state index contributed by atoms with van der Waals surface area (Å²) in [6.45, 7) is 5.98. The number of rotatable bonds is 10. The van der Waals surface area contributed by atoms with Gasteiger partial charge in [0.25, 0.3) is 0 Å². The standard InChI is InChI=1S/C20H28N4O3S/c1-5-7-8-16(25)21-17(13(3)6-2)18(26)22-20-24-23-19(28-20)14-9-11-15(27-4)12-10-14/h9-13,17H,5-8H2,1-4H3,(H,21,25)(H,22,24,26)/t13-,17-/m1/s1. The molecule has 0 aliphatic carbocycles. The van der Waals surface area contributed by atoms with Crippen LogP contribution in [0.25, 0.3) is 10.6 Å². The predicted octanol–water partition coefficient (Wildman–Crippen LogP) is 3.87. The number of benzene rings is 1. The van der Waals surface area contributed by atoms with E-state index in [0.717, 1.165) is 30.6 Å². The first-order valence-electron chi connectivity index (χ1n) is 9.56. The molecule has 28 heavy (non-hydrogen) atoms. The molecular weight excluding hydrogens is 376 g/mol. The lowest BCUT2D eigenvalue weighted by atomic mass is 9.98. The van der Waals surface area contributed by atoms with E-state index < -0.39 is 6.04 Å². The van der Waals surface area contributed by atoms with E-state index in [0.29, 0.717) is 16.6 Å². The summed E-state index contributed by atoms with van der Waals surface area (Å²) in [6.07, 6.45) is 2.95. The highest BCUT2D eigenvalue weighted by Crippen LogP contribution is 2.28. The van der Waals surface area contributed by atoms with Crippen molar-refractivity contribution in [2.75, 3.05) is 12.4 Å². The number of methoxy groups -OCH3 is 1. The average Bonchev–Trinajstić information content (AvgIpc) is 3.18. The summed E-state index contributed by atoms with van der Waals surface area (Å²) in [6, 6.07) is 6.88. The van der Waals surface area contributed by atoms with Crippen LogP contribution in [0, 0.1) is 5.92 Å². The number of hydrogen-bond donors (Lipinski definition) is 2. The van der Waals surface area contributed by atoms with E-state index in [-0.39, 0.29) is 17.7 Å². The van der Waals surface area contributed by atoms with E-state index in [9.17, 15) is 9.59 Å². The molecule has 2 amide bonds. The smallest absolute Gasteiger partial charge is 0.249 e. The Balaban J connectivity index is 2.05. The molecule has 2 N–H and O–H groups in total. The number of unbranched alkanes of at least 4 members (excludes halogenated alkanes) is 1. The summed E-state index contributed by atoms with van der Waals surface area (Å²) in [5.41, 5.74) is 0.894. The van der Waals surface area contributed by atoms with Gasteiger partial charge in [0, 0.05) is 12.0 Å². The number of ether oxygens (including phenoxy) is 1. The minimum Gasteiger partial charge on any atom is -0.497 e. The molecule has 2 aromatic rings. The van der Waals surface area contributed by atoms with Crippen LogP contribution in [0.5, 0.6) is 5.75 Å². The van der Waals surface area contributed by atoms with Crippen LogP contribution < -0.4 is 15.4 Å². The fourth-order valence-corrected chi connectivity index (χ4v) is 3.34. The van der Waals surface area contributed by atoms with E-state index in [4.69, 9.17) is 4.74 Å². The quantitative estimate of drug-likeness (QED) is 0.627. The lowest BCUT2D eigenvalue weighted by molar-refractivity contribution is -0.127. The van der Waals surface area contributed by atoms with E-state index in [1.807, 2.05) is 45.0 Å². The van der Waals surface area contributed by atoms with Crippen LogP contribution in [0.1, 0.15) is 46.5 Å². The lowest BCUT2D eigenvalue weighted by Gasteiger charge is -2.22. The molecule has 0 bridgehead atoms. The van der Waals surface area contributed by atoms with Gasteiger partial charge in [0.05, 0.1) is 7.11 Å². The highest BCUT2D eigenvalue weighted by Gasteiger charge is 2.26. The molecule has 0 saturated carbocycles. The molecule has 0 unspecified atom stereocenters. The zero-order valence-electron chi connectivity index (χ0n) is 16.8. The molecule has 7 nitrogen and oxygen atoms in total. The van der Waals surface area contributed by atoms with Gasteiger partial charge in [-0.05, 0) is 36.6 Å². The van der Waals surface area contributed by atoms with Gasteiger partial charge in [0.1, 0.15) is 16.8 Å². The first-order chi connectivity index (χ1) is 13.5. The van der Waals surface area contributed by atoms with Crippen LogP contribution >= 0.6 is 11.3 Å². The first kappa shape index (κ1) is 21.8. The molecule has 1 aromatic carbocycles. The SMILES string of the molecule is CCCCC(=O)N[C@@H](C(=O)Nc1nnc(-c2ccc(OC)cc2)s1)[C@H](C)CC. The number of carbonyl (C=O) groups excluding carboxylic acids is 2. The van der Waals surface area contributed by atoms with Crippen LogP contribution in [0.15, 0.2) is 24.3 Å². The molecule has 1 heterocycles. The van der Waals surface area contributed by atoms with E-state index in [2.05, 4.69) is 20.8 Å². The number of nitrogens with zero attached hydrogens (tertiary/aromatic N) is 2. The van der Waals surface area contributed by atoms with Crippen LogP contribution in [-0.2, 0) is 9.59 Å². The Morgan fingerprint density at radius 1 is 1.18 bits per heavy atom. The zero-order valence-corrected chi connectivity index (χ0v) is 17.6.